The smallest absolute Gasteiger partial charge is 0.315 e. The van der Waals surface area contributed by atoms with Gasteiger partial charge in [-0.3, -0.25) is 0 Å². The van der Waals surface area contributed by atoms with Crippen LogP contribution < -0.4 is 10.6 Å². The Balaban J connectivity index is 1.70. The fourth-order valence-corrected chi connectivity index (χ4v) is 2.32. The molecule has 5 heteroatoms. The molecule has 2 aromatic rings. The number of carbonyl (C=O) groups excluding carboxylic acids is 1. The van der Waals surface area contributed by atoms with Crippen molar-refractivity contribution in [1.29, 1.82) is 0 Å². The minimum Gasteiger partial charge on any atom is -0.386 e. The van der Waals surface area contributed by atoms with Gasteiger partial charge in [-0.05, 0) is 17.0 Å². The van der Waals surface area contributed by atoms with E-state index >= 15 is 0 Å². The molecule has 100 valence electrons. The molecule has 0 saturated heterocycles. The van der Waals surface area contributed by atoms with Crippen molar-refractivity contribution in [1.82, 2.24) is 10.6 Å². The fraction of sp³-hybridized carbons (Fsp3) is 0.214. The Bertz CT molecular complexity index is 499. The summed E-state index contributed by atoms with van der Waals surface area (Å²) in [6, 6.07) is 13.1. The molecule has 0 radical (unpaired) electrons. The van der Waals surface area contributed by atoms with Crippen LogP contribution in [0.15, 0.2) is 47.8 Å². The van der Waals surface area contributed by atoms with Gasteiger partial charge in [0.1, 0.15) is 6.10 Å². The molecule has 19 heavy (non-hydrogen) atoms. The molecular formula is C14H16N2O2S. The van der Waals surface area contributed by atoms with Crippen LogP contribution in [0, 0.1) is 0 Å². The van der Waals surface area contributed by atoms with Crippen LogP contribution in [0.1, 0.15) is 16.5 Å². The van der Waals surface area contributed by atoms with Crippen molar-refractivity contribution in [3.63, 3.8) is 0 Å². The molecule has 1 atom stereocenters. The van der Waals surface area contributed by atoms with Crippen LogP contribution in [-0.4, -0.2) is 17.7 Å². The highest BCUT2D eigenvalue weighted by Crippen LogP contribution is 2.17. The standard InChI is InChI=1S/C14H16N2O2S/c17-12(13-7-4-8-19-13)10-16-14(18)15-9-11-5-2-1-3-6-11/h1-8,12,17H,9-10H2,(H2,15,16,18). The van der Waals surface area contributed by atoms with Crippen molar-refractivity contribution in [2.45, 2.75) is 12.6 Å². The number of carbonyl (C=O) groups is 1. The van der Waals surface area contributed by atoms with Crippen LogP contribution in [-0.2, 0) is 6.54 Å². The lowest BCUT2D eigenvalue weighted by molar-refractivity contribution is 0.176. The summed E-state index contributed by atoms with van der Waals surface area (Å²) in [5, 5.41) is 17.1. The van der Waals surface area contributed by atoms with Crippen molar-refractivity contribution in [3.8, 4) is 0 Å². The average Bonchev–Trinajstić information content (AvgIpc) is 2.98. The van der Waals surface area contributed by atoms with Crippen LogP contribution in [0.5, 0.6) is 0 Å². The number of urea groups is 1. The number of amides is 2. The average molecular weight is 276 g/mol. The largest absolute Gasteiger partial charge is 0.386 e. The highest BCUT2D eigenvalue weighted by Gasteiger charge is 2.09. The third-order valence-electron chi connectivity index (χ3n) is 2.62. The van der Waals surface area contributed by atoms with Gasteiger partial charge in [-0.15, -0.1) is 11.3 Å². The maximum Gasteiger partial charge on any atom is 0.315 e. The van der Waals surface area contributed by atoms with E-state index in [0.717, 1.165) is 10.4 Å². The first kappa shape index (κ1) is 13.6. The van der Waals surface area contributed by atoms with Crippen LogP contribution >= 0.6 is 11.3 Å². The predicted molar refractivity (Wildman–Crippen MR) is 76.0 cm³/mol. The van der Waals surface area contributed by atoms with E-state index in [1.165, 1.54) is 11.3 Å². The van der Waals surface area contributed by atoms with Gasteiger partial charge in [0.05, 0.1) is 6.54 Å². The number of hydrogen-bond acceptors (Lipinski definition) is 3. The Kier molecular flexibility index (Phi) is 4.94. The topological polar surface area (TPSA) is 61.4 Å². The van der Waals surface area contributed by atoms with Gasteiger partial charge in [0.15, 0.2) is 0 Å². The lowest BCUT2D eigenvalue weighted by Crippen LogP contribution is -2.37. The van der Waals surface area contributed by atoms with Gasteiger partial charge in [-0.1, -0.05) is 36.4 Å². The summed E-state index contributed by atoms with van der Waals surface area (Å²) in [7, 11) is 0. The molecule has 2 amide bonds. The molecule has 0 aliphatic rings. The SMILES string of the molecule is O=C(NCc1ccccc1)NCC(O)c1cccs1. The molecule has 0 aliphatic carbocycles. The van der Waals surface area contributed by atoms with Gasteiger partial charge in [-0.2, -0.15) is 0 Å². The lowest BCUT2D eigenvalue weighted by atomic mass is 10.2. The summed E-state index contributed by atoms with van der Waals surface area (Å²) < 4.78 is 0. The zero-order chi connectivity index (χ0) is 13.5. The summed E-state index contributed by atoms with van der Waals surface area (Å²) >= 11 is 1.47. The van der Waals surface area contributed by atoms with E-state index in [1.54, 1.807) is 0 Å². The molecule has 0 spiro atoms. The maximum atomic E-state index is 11.6. The Morgan fingerprint density at radius 3 is 2.63 bits per heavy atom. The Hall–Kier alpha value is -1.85. The van der Waals surface area contributed by atoms with E-state index in [0.29, 0.717) is 6.54 Å². The monoisotopic (exact) mass is 276 g/mol. The molecule has 2 rings (SSSR count). The third-order valence-corrected chi connectivity index (χ3v) is 3.60. The molecule has 0 saturated carbocycles. The normalized spacial score (nSPS) is 11.8. The molecule has 0 bridgehead atoms. The highest BCUT2D eigenvalue weighted by atomic mass is 32.1. The van der Waals surface area contributed by atoms with Crippen LogP contribution in [0.4, 0.5) is 4.79 Å². The number of nitrogens with one attached hydrogen (secondary N) is 2. The fourth-order valence-electron chi connectivity index (χ4n) is 1.61. The van der Waals surface area contributed by atoms with Gasteiger partial charge in [0.25, 0.3) is 0 Å². The molecule has 1 aromatic carbocycles. The molecule has 3 N–H and O–H groups in total. The summed E-state index contributed by atoms with van der Waals surface area (Å²) in [5.41, 5.74) is 1.04. The van der Waals surface area contributed by atoms with Gasteiger partial charge in [-0.25, -0.2) is 4.79 Å². The van der Waals surface area contributed by atoms with Crippen molar-refractivity contribution in [2.75, 3.05) is 6.54 Å². The lowest BCUT2D eigenvalue weighted by Gasteiger charge is -2.11. The van der Waals surface area contributed by atoms with Crippen molar-refractivity contribution < 1.29 is 9.90 Å². The van der Waals surface area contributed by atoms with E-state index in [-0.39, 0.29) is 12.6 Å². The molecule has 0 fully saturated rings. The second-order valence-electron chi connectivity index (χ2n) is 4.08. The van der Waals surface area contributed by atoms with E-state index in [9.17, 15) is 9.90 Å². The molecule has 1 heterocycles. The van der Waals surface area contributed by atoms with Gasteiger partial charge >= 0.3 is 6.03 Å². The summed E-state index contributed by atoms with van der Waals surface area (Å²) in [6.45, 7) is 0.683. The van der Waals surface area contributed by atoms with E-state index in [1.807, 2.05) is 47.8 Å². The van der Waals surface area contributed by atoms with E-state index in [2.05, 4.69) is 10.6 Å². The summed E-state index contributed by atoms with van der Waals surface area (Å²) in [5.74, 6) is 0. The highest BCUT2D eigenvalue weighted by molar-refractivity contribution is 7.10. The van der Waals surface area contributed by atoms with Crippen LogP contribution in [0.2, 0.25) is 0 Å². The second kappa shape index (κ2) is 6.92. The molecular weight excluding hydrogens is 260 g/mol. The second-order valence-corrected chi connectivity index (χ2v) is 5.06. The van der Waals surface area contributed by atoms with Crippen LogP contribution in [0.3, 0.4) is 0 Å². The van der Waals surface area contributed by atoms with E-state index < -0.39 is 6.10 Å². The van der Waals surface area contributed by atoms with Crippen molar-refractivity contribution in [3.05, 3.63) is 58.3 Å². The predicted octanol–water partition coefficient (Wildman–Crippen LogP) is 2.28. The number of aliphatic hydroxyl groups is 1. The van der Waals surface area contributed by atoms with Gasteiger partial charge in [0, 0.05) is 11.4 Å². The zero-order valence-electron chi connectivity index (χ0n) is 10.4. The maximum absolute atomic E-state index is 11.6. The number of benzene rings is 1. The molecule has 4 nitrogen and oxygen atoms in total. The first-order chi connectivity index (χ1) is 9.25. The first-order valence-electron chi connectivity index (χ1n) is 6.03. The Labute approximate surface area is 116 Å². The van der Waals surface area contributed by atoms with Crippen LogP contribution in [0.25, 0.3) is 0 Å². The summed E-state index contributed by atoms with van der Waals surface area (Å²) in [6.07, 6.45) is -0.650. The number of hydrogen-bond donors (Lipinski definition) is 3. The molecule has 1 aromatic heterocycles. The Morgan fingerprint density at radius 1 is 1.16 bits per heavy atom. The Morgan fingerprint density at radius 2 is 1.95 bits per heavy atom. The third kappa shape index (κ3) is 4.39. The van der Waals surface area contributed by atoms with E-state index in [4.69, 9.17) is 0 Å². The first-order valence-corrected chi connectivity index (χ1v) is 6.91. The zero-order valence-corrected chi connectivity index (χ0v) is 11.2. The van der Waals surface area contributed by atoms with Crippen molar-refractivity contribution >= 4 is 17.4 Å². The number of thiophene rings is 1. The summed E-state index contributed by atoms with van der Waals surface area (Å²) in [4.78, 5) is 12.4. The molecule has 1 unspecified atom stereocenters. The minimum absolute atomic E-state index is 0.209. The van der Waals surface area contributed by atoms with Gasteiger partial charge in [0.2, 0.25) is 0 Å². The van der Waals surface area contributed by atoms with Gasteiger partial charge < -0.3 is 15.7 Å². The minimum atomic E-state index is -0.650. The quantitative estimate of drug-likeness (QED) is 0.784. The number of rotatable bonds is 5. The van der Waals surface area contributed by atoms with Crippen molar-refractivity contribution in [2.24, 2.45) is 0 Å². The number of aliphatic hydroxyl groups excluding tert-OH is 1. The molecule has 0 aliphatic heterocycles.